The lowest BCUT2D eigenvalue weighted by molar-refractivity contribution is 0.299. The molecule has 0 N–H and O–H groups in total. The minimum atomic E-state index is -0.414. The fraction of sp³-hybridized carbons (Fsp3) is 0.188. The van der Waals surface area contributed by atoms with E-state index in [0.717, 1.165) is 5.56 Å². The van der Waals surface area contributed by atoms with Crippen LogP contribution in [0, 0.1) is 31.0 Å². The van der Waals surface area contributed by atoms with Gasteiger partial charge in [0, 0.05) is 5.56 Å². The highest BCUT2D eigenvalue weighted by molar-refractivity contribution is 5.35. The van der Waals surface area contributed by atoms with Crippen LogP contribution in [0.15, 0.2) is 36.4 Å². The molecular formula is C16H14FNO. The Bertz CT molecular complexity index is 644. The van der Waals surface area contributed by atoms with Gasteiger partial charge in [-0.2, -0.15) is 5.26 Å². The Morgan fingerprint density at radius 1 is 1.11 bits per heavy atom. The fourth-order valence-corrected chi connectivity index (χ4v) is 1.70. The number of ether oxygens (including phenoxy) is 1. The second-order valence-electron chi connectivity index (χ2n) is 4.45. The van der Waals surface area contributed by atoms with E-state index in [1.807, 2.05) is 38.1 Å². The van der Waals surface area contributed by atoms with Crippen LogP contribution in [-0.4, -0.2) is 0 Å². The molecule has 0 fully saturated rings. The molecule has 0 radical (unpaired) electrons. The molecule has 0 unspecified atom stereocenters. The van der Waals surface area contributed by atoms with Gasteiger partial charge in [-0.15, -0.1) is 0 Å². The first-order valence-electron chi connectivity index (χ1n) is 5.99. The van der Waals surface area contributed by atoms with Gasteiger partial charge in [0.25, 0.3) is 0 Å². The fourth-order valence-electron chi connectivity index (χ4n) is 1.70. The summed E-state index contributed by atoms with van der Waals surface area (Å²) in [7, 11) is 0. The van der Waals surface area contributed by atoms with E-state index < -0.39 is 5.82 Å². The van der Waals surface area contributed by atoms with E-state index in [-0.39, 0.29) is 6.61 Å². The van der Waals surface area contributed by atoms with Crippen molar-refractivity contribution in [3.63, 3.8) is 0 Å². The van der Waals surface area contributed by atoms with Crippen molar-refractivity contribution in [2.75, 3.05) is 0 Å². The zero-order valence-corrected chi connectivity index (χ0v) is 10.9. The monoisotopic (exact) mass is 255 g/mol. The molecule has 2 aromatic rings. The molecule has 0 aliphatic carbocycles. The summed E-state index contributed by atoms with van der Waals surface area (Å²) in [6.45, 7) is 4.18. The second-order valence-corrected chi connectivity index (χ2v) is 4.45. The van der Waals surface area contributed by atoms with Crippen LogP contribution in [0.2, 0.25) is 0 Å². The first-order chi connectivity index (χ1) is 9.10. The molecule has 0 aliphatic rings. The number of hydrogen-bond donors (Lipinski definition) is 0. The summed E-state index contributed by atoms with van der Waals surface area (Å²) in [6.07, 6.45) is 0. The lowest BCUT2D eigenvalue weighted by Gasteiger charge is -2.09. The van der Waals surface area contributed by atoms with Crippen molar-refractivity contribution >= 4 is 0 Å². The quantitative estimate of drug-likeness (QED) is 0.833. The first-order valence-corrected chi connectivity index (χ1v) is 5.99. The van der Waals surface area contributed by atoms with Gasteiger partial charge in [-0.25, -0.2) is 4.39 Å². The van der Waals surface area contributed by atoms with Gasteiger partial charge in [0.15, 0.2) is 0 Å². The van der Waals surface area contributed by atoms with Crippen molar-refractivity contribution in [2.45, 2.75) is 20.5 Å². The lowest BCUT2D eigenvalue weighted by atomic mass is 10.1. The number of rotatable bonds is 3. The average Bonchev–Trinajstić information content (AvgIpc) is 2.41. The second kappa shape index (κ2) is 5.53. The third-order valence-corrected chi connectivity index (χ3v) is 3.05. The normalized spacial score (nSPS) is 10.0. The summed E-state index contributed by atoms with van der Waals surface area (Å²) >= 11 is 0. The predicted molar refractivity (Wildman–Crippen MR) is 71.4 cm³/mol. The molecule has 0 saturated carbocycles. The molecule has 0 amide bonds. The molecule has 0 saturated heterocycles. The SMILES string of the molecule is Cc1ccc(OCc2ccc(C#N)cc2F)cc1C. The molecule has 3 heteroatoms. The number of benzene rings is 2. The summed E-state index contributed by atoms with van der Waals surface area (Å²) in [6, 6.07) is 12.1. The Morgan fingerprint density at radius 3 is 2.53 bits per heavy atom. The number of hydrogen-bond acceptors (Lipinski definition) is 2. The molecule has 2 nitrogen and oxygen atoms in total. The van der Waals surface area contributed by atoms with Gasteiger partial charge in [0.2, 0.25) is 0 Å². The van der Waals surface area contributed by atoms with Crippen molar-refractivity contribution in [3.8, 4) is 11.8 Å². The average molecular weight is 255 g/mol. The van der Waals surface area contributed by atoms with Crippen LogP contribution < -0.4 is 4.74 Å². The maximum absolute atomic E-state index is 13.7. The molecule has 0 aromatic heterocycles. The Kier molecular flexibility index (Phi) is 3.82. The molecule has 96 valence electrons. The zero-order valence-electron chi connectivity index (χ0n) is 10.9. The zero-order chi connectivity index (χ0) is 13.8. The Morgan fingerprint density at radius 2 is 1.89 bits per heavy atom. The minimum Gasteiger partial charge on any atom is -0.489 e. The van der Waals surface area contributed by atoms with Gasteiger partial charge >= 0.3 is 0 Å². The van der Waals surface area contributed by atoms with E-state index in [4.69, 9.17) is 10.00 Å². The third-order valence-electron chi connectivity index (χ3n) is 3.05. The van der Waals surface area contributed by atoms with E-state index in [1.165, 1.54) is 11.6 Å². The van der Waals surface area contributed by atoms with Crippen molar-refractivity contribution in [1.82, 2.24) is 0 Å². The maximum Gasteiger partial charge on any atom is 0.131 e. The molecule has 0 spiro atoms. The minimum absolute atomic E-state index is 0.153. The van der Waals surface area contributed by atoms with Crippen LogP contribution in [0.25, 0.3) is 0 Å². The molecule has 0 bridgehead atoms. The van der Waals surface area contributed by atoms with Gasteiger partial charge in [-0.05, 0) is 49.2 Å². The standard InChI is InChI=1S/C16H14FNO/c1-11-3-6-15(7-12(11)2)19-10-14-5-4-13(9-18)8-16(14)17/h3-8H,10H2,1-2H3. The smallest absolute Gasteiger partial charge is 0.131 e. The summed E-state index contributed by atoms with van der Waals surface area (Å²) in [4.78, 5) is 0. The topological polar surface area (TPSA) is 33.0 Å². The summed E-state index contributed by atoms with van der Waals surface area (Å²) in [5.41, 5.74) is 3.08. The maximum atomic E-state index is 13.7. The molecule has 2 rings (SSSR count). The lowest BCUT2D eigenvalue weighted by Crippen LogP contribution is -1.99. The van der Waals surface area contributed by atoms with Crippen LogP contribution in [0.3, 0.4) is 0 Å². The van der Waals surface area contributed by atoms with Gasteiger partial charge in [-0.1, -0.05) is 12.1 Å². The molecule has 0 atom stereocenters. The van der Waals surface area contributed by atoms with Crippen LogP contribution in [-0.2, 0) is 6.61 Å². The third kappa shape index (κ3) is 3.11. The van der Waals surface area contributed by atoms with Crippen LogP contribution in [0.4, 0.5) is 4.39 Å². The molecule has 19 heavy (non-hydrogen) atoms. The number of nitrogens with zero attached hydrogens (tertiary/aromatic N) is 1. The highest BCUT2D eigenvalue weighted by atomic mass is 19.1. The number of nitriles is 1. The van der Waals surface area contributed by atoms with Gasteiger partial charge in [-0.3, -0.25) is 0 Å². The Balaban J connectivity index is 2.10. The van der Waals surface area contributed by atoms with Gasteiger partial charge in [0.05, 0.1) is 11.6 Å². The molecule has 0 aliphatic heterocycles. The largest absolute Gasteiger partial charge is 0.489 e. The summed E-state index contributed by atoms with van der Waals surface area (Å²) < 4.78 is 19.2. The molecular weight excluding hydrogens is 241 g/mol. The predicted octanol–water partition coefficient (Wildman–Crippen LogP) is 3.89. The van der Waals surface area contributed by atoms with Crippen molar-refractivity contribution < 1.29 is 9.13 Å². The highest BCUT2D eigenvalue weighted by Gasteiger charge is 2.05. The number of aryl methyl sites for hydroxylation is 2. The number of halogens is 1. The highest BCUT2D eigenvalue weighted by Crippen LogP contribution is 2.19. The van der Waals surface area contributed by atoms with E-state index >= 15 is 0 Å². The van der Waals surface area contributed by atoms with Crippen LogP contribution in [0.1, 0.15) is 22.3 Å². The first kappa shape index (κ1) is 13.1. The van der Waals surface area contributed by atoms with Crippen molar-refractivity contribution in [2.24, 2.45) is 0 Å². The van der Waals surface area contributed by atoms with Crippen LogP contribution >= 0.6 is 0 Å². The Hall–Kier alpha value is -2.34. The Labute approximate surface area is 112 Å². The van der Waals surface area contributed by atoms with Gasteiger partial charge < -0.3 is 4.74 Å². The van der Waals surface area contributed by atoms with Gasteiger partial charge in [0.1, 0.15) is 18.2 Å². The summed E-state index contributed by atoms with van der Waals surface area (Å²) in [5, 5.41) is 8.67. The van der Waals surface area contributed by atoms with E-state index in [0.29, 0.717) is 16.9 Å². The van der Waals surface area contributed by atoms with Crippen LogP contribution in [0.5, 0.6) is 5.75 Å². The van der Waals surface area contributed by atoms with E-state index in [9.17, 15) is 4.39 Å². The van der Waals surface area contributed by atoms with E-state index in [2.05, 4.69) is 0 Å². The van der Waals surface area contributed by atoms with Crippen molar-refractivity contribution in [3.05, 3.63) is 64.5 Å². The molecule has 0 heterocycles. The van der Waals surface area contributed by atoms with E-state index in [1.54, 1.807) is 12.1 Å². The summed E-state index contributed by atoms with van der Waals surface area (Å²) in [5.74, 6) is 0.301. The van der Waals surface area contributed by atoms with Crippen molar-refractivity contribution in [1.29, 1.82) is 5.26 Å². The molecule has 2 aromatic carbocycles.